The zero-order valence-electron chi connectivity index (χ0n) is 4.65. The van der Waals surface area contributed by atoms with E-state index in [1.165, 1.54) is 12.8 Å². The maximum absolute atomic E-state index is 8.47. The maximum atomic E-state index is 8.47. The monoisotopic (exact) mass is 108 g/mol. The number of hydrogen-bond acceptors (Lipinski definition) is 2. The molecule has 2 saturated carbocycles. The lowest BCUT2D eigenvalue weighted by molar-refractivity contribution is 0.722. The summed E-state index contributed by atoms with van der Waals surface area (Å²) in [6.45, 7) is 0. The van der Waals surface area contributed by atoms with Crippen molar-refractivity contribution >= 4 is 0 Å². The minimum atomic E-state index is -0.396. The lowest BCUT2D eigenvalue weighted by atomic mass is 10.2. The number of hydrogen-bond donors (Lipinski definition) is 1. The van der Waals surface area contributed by atoms with Crippen molar-refractivity contribution in [2.24, 2.45) is 11.1 Å². The summed E-state index contributed by atoms with van der Waals surface area (Å²) >= 11 is 0. The van der Waals surface area contributed by atoms with Crippen molar-refractivity contribution in [3.05, 3.63) is 0 Å². The van der Waals surface area contributed by atoms with Crippen LogP contribution in [0.25, 0.3) is 0 Å². The molecule has 0 amide bonds. The van der Waals surface area contributed by atoms with E-state index in [0.717, 1.165) is 6.42 Å². The first-order chi connectivity index (χ1) is 3.72. The predicted molar refractivity (Wildman–Crippen MR) is 28.8 cm³/mol. The van der Waals surface area contributed by atoms with Crippen LogP contribution < -0.4 is 5.73 Å². The van der Waals surface area contributed by atoms with Crippen LogP contribution in [0, 0.1) is 16.7 Å². The maximum Gasteiger partial charge on any atom is 0.110 e. The normalized spacial score (nSPS) is 46.0. The average Bonchev–Trinajstić information content (AvgIpc) is 2.57. The summed E-state index contributed by atoms with van der Waals surface area (Å²) in [6.07, 6.45) is 3.34. The molecule has 8 heavy (non-hydrogen) atoms. The molecule has 42 valence electrons. The molecule has 0 aromatic rings. The van der Waals surface area contributed by atoms with Crippen LogP contribution in [0.1, 0.15) is 19.3 Å². The minimum Gasteiger partial charge on any atom is -0.313 e. The Kier molecular flexibility index (Phi) is 0.435. The Labute approximate surface area is 48.3 Å². The Hall–Kier alpha value is -0.550. The first-order valence-corrected chi connectivity index (χ1v) is 2.93. The molecule has 1 unspecified atom stereocenters. The van der Waals surface area contributed by atoms with Crippen molar-refractivity contribution in [2.75, 3.05) is 0 Å². The molecule has 0 heterocycles. The van der Waals surface area contributed by atoms with Crippen molar-refractivity contribution in [1.29, 1.82) is 5.26 Å². The molecule has 2 nitrogen and oxygen atoms in total. The standard InChI is InChI=1S/C6H8N2/c7-4-6(8)3-5(6)1-2-5/h1-3,8H2. The highest BCUT2D eigenvalue weighted by Gasteiger charge is 2.73. The van der Waals surface area contributed by atoms with Crippen LogP contribution in [0.3, 0.4) is 0 Å². The molecule has 2 N–H and O–H groups in total. The molecule has 2 rings (SSSR count). The van der Waals surface area contributed by atoms with Crippen molar-refractivity contribution in [2.45, 2.75) is 24.8 Å². The Morgan fingerprint density at radius 3 is 2.25 bits per heavy atom. The smallest absolute Gasteiger partial charge is 0.110 e. The van der Waals surface area contributed by atoms with Crippen LogP contribution in [-0.4, -0.2) is 5.54 Å². The highest BCUT2D eigenvalue weighted by molar-refractivity contribution is 5.36. The summed E-state index contributed by atoms with van der Waals surface area (Å²) in [4.78, 5) is 0. The molecule has 1 atom stereocenters. The Morgan fingerprint density at radius 1 is 1.50 bits per heavy atom. The van der Waals surface area contributed by atoms with E-state index in [0.29, 0.717) is 5.41 Å². The highest BCUT2D eigenvalue weighted by Crippen LogP contribution is 2.71. The second kappa shape index (κ2) is 0.803. The van der Waals surface area contributed by atoms with Gasteiger partial charge in [-0.05, 0) is 19.3 Å². The van der Waals surface area contributed by atoms with Gasteiger partial charge in [-0.3, -0.25) is 0 Å². The van der Waals surface area contributed by atoms with E-state index in [9.17, 15) is 0 Å². The molecule has 1 spiro atoms. The quantitative estimate of drug-likeness (QED) is 0.488. The summed E-state index contributed by atoms with van der Waals surface area (Å²) in [5.41, 5.74) is 5.55. The van der Waals surface area contributed by atoms with Crippen molar-refractivity contribution in [1.82, 2.24) is 0 Å². The van der Waals surface area contributed by atoms with Gasteiger partial charge in [0.25, 0.3) is 0 Å². The van der Waals surface area contributed by atoms with E-state index in [-0.39, 0.29) is 0 Å². The third-order valence-electron chi connectivity index (χ3n) is 2.49. The summed E-state index contributed by atoms with van der Waals surface area (Å²) in [5.74, 6) is 0. The molecule has 0 aliphatic heterocycles. The lowest BCUT2D eigenvalue weighted by Gasteiger charge is -1.91. The molecule has 2 aliphatic rings. The Balaban J connectivity index is 2.25. The number of nitrogens with two attached hydrogens (primary N) is 1. The zero-order valence-corrected chi connectivity index (χ0v) is 4.65. The van der Waals surface area contributed by atoms with E-state index in [1.807, 2.05) is 0 Å². The fourth-order valence-electron chi connectivity index (χ4n) is 1.42. The van der Waals surface area contributed by atoms with Crippen molar-refractivity contribution < 1.29 is 0 Å². The molecule has 2 aliphatic carbocycles. The summed E-state index contributed by atoms with van der Waals surface area (Å²) < 4.78 is 0. The Morgan fingerprint density at radius 2 is 2.12 bits per heavy atom. The van der Waals surface area contributed by atoms with Crippen LogP contribution in [0.2, 0.25) is 0 Å². The van der Waals surface area contributed by atoms with Gasteiger partial charge in [-0.1, -0.05) is 0 Å². The molecule has 0 radical (unpaired) electrons. The third kappa shape index (κ3) is 0.258. The minimum absolute atomic E-state index is 0.321. The molecular formula is C6H8N2. The molecule has 0 aromatic heterocycles. The van der Waals surface area contributed by atoms with E-state index in [1.54, 1.807) is 0 Å². The molecule has 0 bridgehead atoms. The van der Waals surface area contributed by atoms with E-state index in [4.69, 9.17) is 11.0 Å². The fourth-order valence-corrected chi connectivity index (χ4v) is 1.42. The van der Waals surface area contributed by atoms with E-state index < -0.39 is 5.54 Å². The molecule has 0 aromatic carbocycles. The SMILES string of the molecule is N#CC1(N)CC12CC2. The van der Waals surface area contributed by atoms with Gasteiger partial charge < -0.3 is 5.73 Å². The molecule has 2 fully saturated rings. The van der Waals surface area contributed by atoms with Crippen molar-refractivity contribution in [3.8, 4) is 6.07 Å². The van der Waals surface area contributed by atoms with Gasteiger partial charge in [0, 0.05) is 5.41 Å². The predicted octanol–water partition coefficient (Wildman–Crippen LogP) is 0.391. The summed E-state index contributed by atoms with van der Waals surface area (Å²) in [6, 6.07) is 2.15. The average molecular weight is 108 g/mol. The number of nitrogens with zero attached hydrogens (tertiary/aromatic N) is 1. The van der Waals surface area contributed by atoms with Crippen LogP contribution >= 0.6 is 0 Å². The van der Waals surface area contributed by atoms with Gasteiger partial charge in [0.15, 0.2) is 0 Å². The Bertz CT molecular complexity index is 175. The zero-order chi connectivity index (χ0) is 5.83. The molecule has 2 heteroatoms. The van der Waals surface area contributed by atoms with Gasteiger partial charge in [-0.15, -0.1) is 0 Å². The first kappa shape index (κ1) is 4.34. The van der Waals surface area contributed by atoms with Gasteiger partial charge in [0.05, 0.1) is 6.07 Å². The largest absolute Gasteiger partial charge is 0.313 e. The fraction of sp³-hybridized carbons (Fsp3) is 0.833. The topological polar surface area (TPSA) is 49.8 Å². The van der Waals surface area contributed by atoms with Crippen molar-refractivity contribution in [3.63, 3.8) is 0 Å². The van der Waals surface area contributed by atoms with Gasteiger partial charge >= 0.3 is 0 Å². The highest BCUT2D eigenvalue weighted by atomic mass is 15.0. The van der Waals surface area contributed by atoms with Crippen LogP contribution in [-0.2, 0) is 0 Å². The van der Waals surface area contributed by atoms with Gasteiger partial charge in [0.2, 0.25) is 0 Å². The molecular weight excluding hydrogens is 100 g/mol. The van der Waals surface area contributed by atoms with Gasteiger partial charge in [-0.25, -0.2) is 0 Å². The number of rotatable bonds is 0. The third-order valence-corrected chi connectivity index (χ3v) is 2.49. The van der Waals surface area contributed by atoms with Gasteiger partial charge in [0.1, 0.15) is 5.54 Å². The van der Waals surface area contributed by atoms with E-state index >= 15 is 0 Å². The second-order valence-electron chi connectivity index (χ2n) is 3.04. The van der Waals surface area contributed by atoms with Gasteiger partial charge in [-0.2, -0.15) is 5.26 Å². The first-order valence-electron chi connectivity index (χ1n) is 2.93. The number of nitriles is 1. The summed E-state index contributed by atoms with van der Waals surface area (Å²) in [5, 5.41) is 8.47. The van der Waals surface area contributed by atoms with E-state index in [2.05, 4.69) is 6.07 Å². The van der Waals surface area contributed by atoms with Crippen LogP contribution in [0.5, 0.6) is 0 Å². The summed E-state index contributed by atoms with van der Waals surface area (Å²) in [7, 11) is 0. The van der Waals surface area contributed by atoms with Crippen LogP contribution in [0.4, 0.5) is 0 Å². The second-order valence-corrected chi connectivity index (χ2v) is 3.04. The lowest BCUT2D eigenvalue weighted by Crippen LogP contribution is -2.22. The molecule has 0 saturated heterocycles. The van der Waals surface area contributed by atoms with Crippen LogP contribution in [0.15, 0.2) is 0 Å².